The second-order valence-corrected chi connectivity index (χ2v) is 4.47. The highest BCUT2D eigenvalue weighted by molar-refractivity contribution is 5.87. The van der Waals surface area contributed by atoms with E-state index >= 15 is 0 Å². The standard InChI is InChI=1S/C14H17NO2/c1-10-4-3-5-11(2)13(10)15-8-6-12(7-9-15)14(16)17/h3-6H,7-9H2,1-2H3,(H,16,17). The molecule has 0 unspecified atom stereocenters. The summed E-state index contributed by atoms with van der Waals surface area (Å²) >= 11 is 0. The van der Waals surface area contributed by atoms with Crippen LogP contribution in [0.1, 0.15) is 17.5 Å². The lowest BCUT2D eigenvalue weighted by atomic mass is 10.0. The van der Waals surface area contributed by atoms with Crippen molar-refractivity contribution < 1.29 is 9.90 Å². The minimum Gasteiger partial charge on any atom is -0.478 e. The molecule has 1 heterocycles. The number of aryl methyl sites for hydroxylation is 2. The van der Waals surface area contributed by atoms with E-state index in [0.29, 0.717) is 18.5 Å². The summed E-state index contributed by atoms with van der Waals surface area (Å²) < 4.78 is 0. The lowest BCUT2D eigenvalue weighted by Gasteiger charge is -2.30. The Morgan fingerprint density at radius 3 is 2.41 bits per heavy atom. The number of rotatable bonds is 2. The molecule has 90 valence electrons. The van der Waals surface area contributed by atoms with E-state index in [0.717, 1.165) is 6.54 Å². The molecule has 0 aliphatic carbocycles. The van der Waals surface area contributed by atoms with Crippen LogP contribution in [0, 0.1) is 13.8 Å². The zero-order valence-corrected chi connectivity index (χ0v) is 10.2. The molecule has 1 aromatic rings. The van der Waals surface area contributed by atoms with E-state index in [1.165, 1.54) is 16.8 Å². The predicted octanol–water partition coefficient (Wildman–Crippen LogP) is 2.52. The van der Waals surface area contributed by atoms with Crippen molar-refractivity contribution >= 4 is 11.7 Å². The summed E-state index contributed by atoms with van der Waals surface area (Å²) in [7, 11) is 0. The molecule has 0 saturated carbocycles. The molecule has 0 aromatic heterocycles. The van der Waals surface area contributed by atoms with Crippen LogP contribution in [0.4, 0.5) is 5.69 Å². The Kier molecular flexibility index (Phi) is 3.18. The first-order valence-corrected chi connectivity index (χ1v) is 5.83. The number of carboxylic acids is 1. The van der Waals surface area contributed by atoms with Crippen LogP contribution in [0.2, 0.25) is 0 Å². The van der Waals surface area contributed by atoms with Crippen LogP contribution >= 0.6 is 0 Å². The second kappa shape index (κ2) is 4.62. The quantitative estimate of drug-likeness (QED) is 0.850. The van der Waals surface area contributed by atoms with Crippen molar-refractivity contribution in [3.05, 3.63) is 41.0 Å². The number of carbonyl (C=O) groups is 1. The number of hydrogen-bond acceptors (Lipinski definition) is 2. The van der Waals surface area contributed by atoms with Crippen molar-refractivity contribution in [2.24, 2.45) is 0 Å². The van der Waals surface area contributed by atoms with Crippen LogP contribution in [-0.2, 0) is 4.79 Å². The monoisotopic (exact) mass is 231 g/mol. The molecule has 1 aliphatic rings. The summed E-state index contributed by atoms with van der Waals surface area (Å²) in [6, 6.07) is 6.24. The van der Waals surface area contributed by atoms with E-state index in [1.54, 1.807) is 0 Å². The lowest BCUT2D eigenvalue weighted by Crippen LogP contribution is -2.31. The van der Waals surface area contributed by atoms with Crippen molar-refractivity contribution in [1.29, 1.82) is 0 Å². The minimum absolute atomic E-state index is 0.535. The van der Waals surface area contributed by atoms with Gasteiger partial charge in [0.05, 0.1) is 0 Å². The Morgan fingerprint density at radius 2 is 1.94 bits per heavy atom. The molecule has 0 amide bonds. The largest absolute Gasteiger partial charge is 0.478 e. The fourth-order valence-corrected chi connectivity index (χ4v) is 2.37. The summed E-state index contributed by atoms with van der Waals surface area (Å²) in [5.74, 6) is -0.786. The third-order valence-corrected chi connectivity index (χ3v) is 3.24. The highest BCUT2D eigenvalue weighted by Crippen LogP contribution is 2.27. The molecule has 0 fully saturated rings. The number of hydrogen-bond donors (Lipinski definition) is 1. The minimum atomic E-state index is -0.786. The number of carboxylic acid groups (broad SMARTS) is 1. The molecule has 0 bridgehead atoms. The first-order valence-electron chi connectivity index (χ1n) is 5.83. The topological polar surface area (TPSA) is 40.5 Å². The summed E-state index contributed by atoms with van der Waals surface area (Å²) in [4.78, 5) is 13.1. The molecule has 3 heteroatoms. The van der Waals surface area contributed by atoms with Gasteiger partial charge in [0, 0.05) is 24.4 Å². The maximum absolute atomic E-state index is 10.8. The Hall–Kier alpha value is -1.77. The zero-order chi connectivity index (χ0) is 12.4. The summed E-state index contributed by atoms with van der Waals surface area (Å²) in [6.07, 6.45) is 2.43. The number of para-hydroxylation sites is 1. The van der Waals surface area contributed by atoms with Crippen LogP contribution in [0.15, 0.2) is 29.8 Å². The van der Waals surface area contributed by atoms with Crippen molar-refractivity contribution in [3.8, 4) is 0 Å². The summed E-state index contributed by atoms with van der Waals surface area (Å²) in [5, 5.41) is 8.92. The van der Waals surface area contributed by atoms with Gasteiger partial charge in [0.15, 0.2) is 0 Å². The molecule has 2 rings (SSSR count). The fraction of sp³-hybridized carbons (Fsp3) is 0.357. The van der Waals surface area contributed by atoms with Crippen LogP contribution in [0.25, 0.3) is 0 Å². The Bertz CT molecular complexity index is 457. The summed E-state index contributed by atoms with van der Waals surface area (Å²) in [5.41, 5.74) is 4.27. The first-order chi connectivity index (χ1) is 8.09. The van der Waals surface area contributed by atoms with Gasteiger partial charge < -0.3 is 10.0 Å². The van der Waals surface area contributed by atoms with Gasteiger partial charge in [-0.1, -0.05) is 24.3 Å². The molecule has 17 heavy (non-hydrogen) atoms. The highest BCUT2D eigenvalue weighted by Gasteiger charge is 2.18. The molecule has 0 saturated heterocycles. The molecule has 0 atom stereocenters. The highest BCUT2D eigenvalue weighted by atomic mass is 16.4. The zero-order valence-electron chi connectivity index (χ0n) is 10.2. The van der Waals surface area contributed by atoms with E-state index in [1.807, 2.05) is 6.08 Å². The molecule has 1 N–H and O–H groups in total. The number of nitrogens with zero attached hydrogens (tertiary/aromatic N) is 1. The second-order valence-electron chi connectivity index (χ2n) is 4.47. The molecule has 1 aromatic carbocycles. The average molecular weight is 231 g/mol. The molecule has 1 aliphatic heterocycles. The molecule has 0 spiro atoms. The number of aliphatic carboxylic acids is 1. The molecule has 0 radical (unpaired) electrons. The van der Waals surface area contributed by atoms with Crippen LogP contribution < -0.4 is 4.90 Å². The van der Waals surface area contributed by atoms with Gasteiger partial charge in [0.25, 0.3) is 0 Å². The van der Waals surface area contributed by atoms with Crippen molar-refractivity contribution in [1.82, 2.24) is 0 Å². The Balaban J connectivity index is 2.24. The predicted molar refractivity (Wildman–Crippen MR) is 68.5 cm³/mol. The van der Waals surface area contributed by atoms with Gasteiger partial charge in [-0.25, -0.2) is 4.79 Å². The Morgan fingerprint density at radius 1 is 1.29 bits per heavy atom. The smallest absolute Gasteiger partial charge is 0.331 e. The number of benzene rings is 1. The van der Waals surface area contributed by atoms with Crippen molar-refractivity contribution in [2.75, 3.05) is 18.0 Å². The average Bonchev–Trinajstić information content (AvgIpc) is 2.29. The van der Waals surface area contributed by atoms with E-state index in [2.05, 4.69) is 36.9 Å². The third-order valence-electron chi connectivity index (χ3n) is 3.24. The van der Waals surface area contributed by atoms with Crippen LogP contribution in [0.3, 0.4) is 0 Å². The molecule has 3 nitrogen and oxygen atoms in total. The van der Waals surface area contributed by atoms with Gasteiger partial charge >= 0.3 is 5.97 Å². The van der Waals surface area contributed by atoms with E-state index < -0.39 is 5.97 Å². The SMILES string of the molecule is Cc1cccc(C)c1N1CC=C(C(=O)O)CC1. The van der Waals surface area contributed by atoms with E-state index in [-0.39, 0.29) is 0 Å². The van der Waals surface area contributed by atoms with Crippen molar-refractivity contribution in [2.45, 2.75) is 20.3 Å². The van der Waals surface area contributed by atoms with E-state index in [4.69, 9.17) is 5.11 Å². The maximum atomic E-state index is 10.8. The summed E-state index contributed by atoms with van der Waals surface area (Å²) in [6.45, 7) is 5.66. The van der Waals surface area contributed by atoms with Gasteiger partial charge in [-0.3, -0.25) is 0 Å². The maximum Gasteiger partial charge on any atom is 0.331 e. The normalized spacial score (nSPS) is 15.6. The fourth-order valence-electron chi connectivity index (χ4n) is 2.37. The third kappa shape index (κ3) is 2.33. The molecular formula is C14H17NO2. The van der Waals surface area contributed by atoms with Crippen molar-refractivity contribution in [3.63, 3.8) is 0 Å². The van der Waals surface area contributed by atoms with Gasteiger partial charge in [-0.2, -0.15) is 0 Å². The van der Waals surface area contributed by atoms with Gasteiger partial charge in [-0.05, 0) is 31.4 Å². The van der Waals surface area contributed by atoms with Gasteiger partial charge in [0.2, 0.25) is 0 Å². The Labute approximate surface area is 101 Å². The molecular weight excluding hydrogens is 214 g/mol. The number of anilines is 1. The van der Waals surface area contributed by atoms with Crippen LogP contribution in [0.5, 0.6) is 0 Å². The van der Waals surface area contributed by atoms with Crippen LogP contribution in [-0.4, -0.2) is 24.2 Å². The first kappa shape index (κ1) is 11.7. The van der Waals surface area contributed by atoms with Gasteiger partial charge in [0.1, 0.15) is 0 Å². The lowest BCUT2D eigenvalue weighted by molar-refractivity contribution is -0.132. The van der Waals surface area contributed by atoms with E-state index in [9.17, 15) is 4.79 Å². The van der Waals surface area contributed by atoms with Gasteiger partial charge in [-0.15, -0.1) is 0 Å².